The monoisotopic (exact) mass is 218 g/mol. The van der Waals surface area contributed by atoms with Crippen LogP contribution in [0.15, 0.2) is 24.5 Å². The van der Waals surface area contributed by atoms with Crippen LogP contribution in [0.25, 0.3) is 11.0 Å². The third-order valence-corrected chi connectivity index (χ3v) is 2.74. The highest BCUT2D eigenvalue weighted by Crippen LogP contribution is 2.11. The number of nitrogens with two attached hydrogens (primary N) is 1. The molecule has 0 amide bonds. The molecule has 0 spiro atoms. The molecule has 1 atom stereocenters. The van der Waals surface area contributed by atoms with Gasteiger partial charge >= 0.3 is 0 Å². The normalized spacial score (nSPS) is 13.1. The predicted octanol–water partition coefficient (Wildman–Crippen LogP) is 1.39. The van der Waals surface area contributed by atoms with E-state index in [0.29, 0.717) is 6.04 Å². The van der Waals surface area contributed by atoms with Gasteiger partial charge in [0.15, 0.2) is 0 Å². The molecule has 0 radical (unpaired) electrons. The second-order valence-electron chi connectivity index (χ2n) is 4.11. The van der Waals surface area contributed by atoms with Crippen molar-refractivity contribution >= 4 is 11.0 Å². The van der Waals surface area contributed by atoms with E-state index in [1.54, 1.807) is 6.33 Å². The zero-order valence-electron chi connectivity index (χ0n) is 9.53. The lowest BCUT2D eigenvalue weighted by atomic mass is 10.1. The second-order valence-corrected chi connectivity index (χ2v) is 4.11. The molecule has 1 aromatic heterocycles. The smallest absolute Gasteiger partial charge is 0.0931 e. The van der Waals surface area contributed by atoms with Gasteiger partial charge in [-0.1, -0.05) is 6.07 Å². The number of aromatic amines is 1. The molecule has 1 aromatic carbocycles. The minimum absolute atomic E-state index is 0.461. The Morgan fingerprint density at radius 1 is 1.50 bits per heavy atom. The highest BCUT2D eigenvalue weighted by molar-refractivity contribution is 5.74. The summed E-state index contributed by atoms with van der Waals surface area (Å²) in [5, 5.41) is 3.44. The molecule has 1 unspecified atom stereocenters. The molecule has 0 aliphatic rings. The summed E-state index contributed by atoms with van der Waals surface area (Å²) in [6, 6.07) is 6.73. The summed E-state index contributed by atoms with van der Waals surface area (Å²) in [5.74, 6) is 0. The van der Waals surface area contributed by atoms with Crippen molar-refractivity contribution in [3.8, 4) is 0 Å². The number of hydrogen-bond donors (Lipinski definition) is 3. The Morgan fingerprint density at radius 3 is 3.19 bits per heavy atom. The van der Waals surface area contributed by atoms with Crippen molar-refractivity contribution in [3.63, 3.8) is 0 Å². The van der Waals surface area contributed by atoms with Crippen LogP contribution in [0, 0.1) is 0 Å². The number of benzene rings is 1. The van der Waals surface area contributed by atoms with E-state index >= 15 is 0 Å². The summed E-state index contributed by atoms with van der Waals surface area (Å²) in [6.45, 7) is 3.76. The van der Waals surface area contributed by atoms with Crippen LogP contribution < -0.4 is 11.1 Å². The Bertz CT molecular complexity index is 449. The Labute approximate surface area is 95.3 Å². The van der Waals surface area contributed by atoms with Crippen molar-refractivity contribution in [2.45, 2.75) is 25.9 Å². The third-order valence-electron chi connectivity index (χ3n) is 2.74. The molecule has 2 rings (SSSR count). The van der Waals surface area contributed by atoms with Crippen LogP contribution >= 0.6 is 0 Å². The van der Waals surface area contributed by atoms with E-state index < -0.39 is 0 Å². The first-order valence-electron chi connectivity index (χ1n) is 5.65. The topological polar surface area (TPSA) is 66.7 Å². The number of nitrogens with one attached hydrogen (secondary N) is 2. The molecular formula is C12H18N4. The molecular weight excluding hydrogens is 200 g/mol. The summed E-state index contributed by atoms with van der Waals surface area (Å²) >= 11 is 0. The molecule has 4 heteroatoms. The lowest BCUT2D eigenvalue weighted by Gasteiger charge is -2.12. The minimum Gasteiger partial charge on any atom is -0.345 e. The first-order chi connectivity index (χ1) is 7.79. The maximum absolute atomic E-state index is 5.51. The van der Waals surface area contributed by atoms with Gasteiger partial charge in [-0.05, 0) is 37.6 Å². The third kappa shape index (κ3) is 2.59. The summed E-state index contributed by atoms with van der Waals surface area (Å²) in [5.41, 5.74) is 8.87. The quantitative estimate of drug-likeness (QED) is 0.710. The van der Waals surface area contributed by atoms with E-state index in [1.165, 1.54) is 5.56 Å². The van der Waals surface area contributed by atoms with Crippen LogP contribution in [-0.2, 0) is 6.54 Å². The fourth-order valence-corrected chi connectivity index (χ4v) is 1.74. The highest BCUT2D eigenvalue weighted by Gasteiger charge is 2.01. The number of hydrogen-bond acceptors (Lipinski definition) is 3. The van der Waals surface area contributed by atoms with Crippen molar-refractivity contribution < 1.29 is 0 Å². The first-order valence-corrected chi connectivity index (χ1v) is 5.65. The molecule has 0 aliphatic carbocycles. The molecule has 0 bridgehead atoms. The van der Waals surface area contributed by atoms with Gasteiger partial charge in [0.2, 0.25) is 0 Å². The minimum atomic E-state index is 0.461. The molecule has 0 fully saturated rings. The zero-order valence-corrected chi connectivity index (χ0v) is 9.53. The molecule has 86 valence electrons. The SMILES string of the molecule is CC(CCN)NCc1ccc2nc[nH]c2c1. The van der Waals surface area contributed by atoms with E-state index in [-0.39, 0.29) is 0 Å². The van der Waals surface area contributed by atoms with E-state index in [9.17, 15) is 0 Å². The summed E-state index contributed by atoms with van der Waals surface area (Å²) in [7, 11) is 0. The van der Waals surface area contributed by atoms with Gasteiger partial charge in [0, 0.05) is 12.6 Å². The van der Waals surface area contributed by atoms with Crippen molar-refractivity contribution in [2.75, 3.05) is 6.54 Å². The number of fused-ring (bicyclic) bond motifs is 1. The van der Waals surface area contributed by atoms with Crippen LogP contribution in [0.5, 0.6) is 0 Å². The van der Waals surface area contributed by atoms with E-state index in [2.05, 4.69) is 34.3 Å². The lowest BCUT2D eigenvalue weighted by Crippen LogP contribution is -2.27. The summed E-state index contributed by atoms with van der Waals surface area (Å²) < 4.78 is 0. The average Bonchev–Trinajstić information content (AvgIpc) is 2.74. The summed E-state index contributed by atoms with van der Waals surface area (Å²) in [4.78, 5) is 7.31. The average molecular weight is 218 g/mol. The highest BCUT2D eigenvalue weighted by atomic mass is 14.9. The molecule has 2 aromatic rings. The summed E-state index contributed by atoms with van der Waals surface area (Å²) in [6.07, 6.45) is 2.73. The molecule has 0 aliphatic heterocycles. The van der Waals surface area contributed by atoms with Crippen LogP contribution in [-0.4, -0.2) is 22.6 Å². The fourth-order valence-electron chi connectivity index (χ4n) is 1.74. The van der Waals surface area contributed by atoms with Gasteiger partial charge in [-0.3, -0.25) is 0 Å². The van der Waals surface area contributed by atoms with Crippen LogP contribution in [0.3, 0.4) is 0 Å². The Balaban J connectivity index is 1.98. The first kappa shape index (κ1) is 11.1. The van der Waals surface area contributed by atoms with E-state index in [4.69, 9.17) is 5.73 Å². The van der Waals surface area contributed by atoms with Gasteiger partial charge < -0.3 is 16.0 Å². The van der Waals surface area contributed by atoms with Crippen molar-refractivity contribution in [2.24, 2.45) is 5.73 Å². The lowest BCUT2D eigenvalue weighted by molar-refractivity contribution is 0.520. The maximum Gasteiger partial charge on any atom is 0.0931 e. The van der Waals surface area contributed by atoms with Gasteiger partial charge in [-0.25, -0.2) is 4.98 Å². The molecule has 4 N–H and O–H groups in total. The molecule has 1 heterocycles. The standard InChI is InChI=1S/C12H18N4/c1-9(4-5-13)14-7-10-2-3-11-12(6-10)16-8-15-11/h2-3,6,8-9,14H,4-5,7,13H2,1H3,(H,15,16). The predicted molar refractivity (Wildman–Crippen MR) is 66.1 cm³/mol. The molecule has 0 saturated carbocycles. The zero-order chi connectivity index (χ0) is 11.4. The van der Waals surface area contributed by atoms with Gasteiger partial charge in [-0.2, -0.15) is 0 Å². The van der Waals surface area contributed by atoms with Gasteiger partial charge in [0.1, 0.15) is 0 Å². The van der Waals surface area contributed by atoms with Crippen molar-refractivity contribution in [3.05, 3.63) is 30.1 Å². The van der Waals surface area contributed by atoms with Crippen molar-refractivity contribution in [1.29, 1.82) is 0 Å². The second kappa shape index (κ2) is 5.09. The number of nitrogens with zero attached hydrogens (tertiary/aromatic N) is 1. The van der Waals surface area contributed by atoms with Gasteiger partial charge in [-0.15, -0.1) is 0 Å². The van der Waals surface area contributed by atoms with Crippen LogP contribution in [0.2, 0.25) is 0 Å². The van der Waals surface area contributed by atoms with Gasteiger partial charge in [0.25, 0.3) is 0 Å². The fraction of sp³-hybridized carbons (Fsp3) is 0.417. The number of H-pyrrole nitrogens is 1. The maximum atomic E-state index is 5.51. The van der Waals surface area contributed by atoms with Crippen molar-refractivity contribution in [1.82, 2.24) is 15.3 Å². The largest absolute Gasteiger partial charge is 0.345 e. The number of aromatic nitrogens is 2. The molecule has 16 heavy (non-hydrogen) atoms. The Hall–Kier alpha value is -1.39. The van der Waals surface area contributed by atoms with Gasteiger partial charge in [0.05, 0.1) is 17.4 Å². The van der Waals surface area contributed by atoms with E-state index in [1.807, 2.05) is 6.07 Å². The molecule has 0 saturated heterocycles. The Kier molecular flexibility index (Phi) is 3.54. The molecule has 4 nitrogen and oxygen atoms in total. The Morgan fingerprint density at radius 2 is 2.38 bits per heavy atom. The number of rotatable bonds is 5. The van der Waals surface area contributed by atoms with Crippen LogP contribution in [0.4, 0.5) is 0 Å². The number of imidazole rings is 1. The van der Waals surface area contributed by atoms with E-state index in [0.717, 1.165) is 30.5 Å². The van der Waals surface area contributed by atoms with Crippen LogP contribution in [0.1, 0.15) is 18.9 Å².